The highest BCUT2D eigenvalue weighted by atomic mass is 16.6. The third-order valence-corrected chi connectivity index (χ3v) is 7.20. The Hall–Kier alpha value is -3.49. The van der Waals surface area contributed by atoms with Gasteiger partial charge >= 0.3 is 17.9 Å². The van der Waals surface area contributed by atoms with E-state index in [1.165, 1.54) is 12.8 Å². The van der Waals surface area contributed by atoms with Gasteiger partial charge in [0.25, 0.3) is 0 Å². The molecule has 0 radical (unpaired) electrons. The van der Waals surface area contributed by atoms with Crippen LogP contribution in [-0.2, 0) is 28.6 Å². The standard InChI is InChI=1S/C40H63NO7/c1-6-8-10-12-14-15-16-17-18-19-20-21-22-23-25-26-28-30-38(42)47-35-36(34-46-33-32-37(40(44)45)41(3,4)5)48-39(43)31-29-27-24-13-11-9-7-2/h8,10,12,14-22,24,27,36-37H,6-7,9,11,13,23,25-26,28-35H2,1-5H3/p+1/b10-8+,14-12+,16-15+,18-17+,20-19+,22-21+,27-24+. The number of carboxylic acids is 1. The van der Waals surface area contributed by atoms with Gasteiger partial charge in [-0.2, -0.15) is 0 Å². The van der Waals surface area contributed by atoms with Crippen molar-refractivity contribution in [3.63, 3.8) is 0 Å². The van der Waals surface area contributed by atoms with E-state index in [-0.39, 0.29) is 42.7 Å². The second kappa shape index (κ2) is 30.8. The van der Waals surface area contributed by atoms with Gasteiger partial charge in [-0.15, -0.1) is 0 Å². The Labute approximate surface area is 291 Å². The van der Waals surface area contributed by atoms with Crippen LogP contribution in [0.15, 0.2) is 85.1 Å². The molecular weight excluding hydrogens is 606 g/mol. The summed E-state index contributed by atoms with van der Waals surface area (Å²) in [4.78, 5) is 36.5. The Kier molecular flexibility index (Phi) is 28.6. The SMILES string of the molecule is CC/C=C/C=C/C=C/C=C/C=C/C=C/CCCCCC(=O)OCC(COCCC(C(=O)O)[N+](C)(C)C)OC(=O)CC/C=C/CCCCC. The van der Waals surface area contributed by atoms with E-state index in [1.54, 1.807) is 0 Å². The molecule has 0 spiro atoms. The molecule has 48 heavy (non-hydrogen) atoms. The molecule has 0 heterocycles. The van der Waals surface area contributed by atoms with Gasteiger partial charge in [0, 0.05) is 19.3 Å². The molecule has 1 N–H and O–H groups in total. The van der Waals surface area contributed by atoms with E-state index < -0.39 is 18.1 Å². The molecule has 0 aliphatic heterocycles. The number of esters is 2. The van der Waals surface area contributed by atoms with Crippen molar-refractivity contribution in [3.05, 3.63) is 85.1 Å². The molecule has 0 amide bonds. The average Bonchev–Trinajstić information content (AvgIpc) is 3.03. The lowest BCUT2D eigenvalue weighted by Gasteiger charge is -2.31. The van der Waals surface area contributed by atoms with Crippen LogP contribution in [0.3, 0.4) is 0 Å². The number of quaternary nitrogens is 1. The molecule has 0 rings (SSSR count). The van der Waals surface area contributed by atoms with Gasteiger partial charge in [0.05, 0.1) is 34.4 Å². The van der Waals surface area contributed by atoms with Gasteiger partial charge in [0.15, 0.2) is 12.1 Å². The number of nitrogens with zero attached hydrogens (tertiary/aromatic N) is 1. The van der Waals surface area contributed by atoms with Crippen LogP contribution in [0, 0.1) is 0 Å². The lowest BCUT2D eigenvalue weighted by molar-refractivity contribution is -0.887. The van der Waals surface area contributed by atoms with Crippen molar-refractivity contribution in [3.8, 4) is 0 Å². The minimum Gasteiger partial charge on any atom is -0.477 e. The van der Waals surface area contributed by atoms with Crippen LogP contribution in [-0.4, -0.2) is 80.6 Å². The second-order valence-corrected chi connectivity index (χ2v) is 12.5. The molecule has 8 heteroatoms. The fourth-order valence-electron chi connectivity index (χ4n) is 4.43. The summed E-state index contributed by atoms with van der Waals surface area (Å²) in [5.41, 5.74) is 0. The smallest absolute Gasteiger partial charge is 0.362 e. The number of likely N-dealkylation sites (N-methyl/N-ethyl adjacent to an activating group) is 1. The van der Waals surface area contributed by atoms with Gasteiger partial charge in [0.1, 0.15) is 6.61 Å². The monoisotopic (exact) mass is 670 g/mol. The Morgan fingerprint density at radius 3 is 1.83 bits per heavy atom. The van der Waals surface area contributed by atoms with E-state index in [1.807, 2.05) is 88.0 Å². The van der Waals surface area contributed by atoms with Gasteiger partial charge in [-0.25, -0.2) is 4.79 Å². The van der Waals surface area contributed by atoms with Gasteiger partial charge in [-0.1, -0.05) is 118 Å². The van der Waals surface area contributed by atoms with E-state index in [2.05, 4.69) is 32.1 Å². The van der Waals surface area contributed by atoms with Crippen LogP contribution >= 0.6 is 0 Å². The number of rotatable bonds is 29. The minimum atomic E-state index is -0.894. The van der Waals surface area contributed by atoms with E-state index in [4.69, 9.17) is 14.2 Å². The number of allylic oxidation sites excluding steroid dienone is 14. The first-order valence-corrected chi connectivity index (χ1v) is 17.7. The largest absolute Gasteiger partial charge is 0.477 e. The number of aliphatic carboxylic acids is 1. The normalized spacial score (nSPS) is 14.1. The van der Waals surface area contributed by atoms with Crippen LogP contribution in [0.4, 0.5) is 0 Å². The van der Waals surface area contributed by atoms with Crippen LogP contribution in [0.1, 0.15) is 97.3 Å². The number of carboxylic acid groups (broad SMARTS) is 1. The van der Waals surface area contributed by atoms with Crippen molar-refractivity contribution in [2.45, 2.75) is 109 Å². The second-order valence-electron chi connectivity index (χ2n) is 12.5. The first-order chi connectivity index (χ1) is 23.1. The zero-order valence-electron chi connectivity index (χ0n) is 30.4. The number of hydrogen-bond donors (Lipinski definition) is 1. The van der Waals surface area contributed by atoms with Crippen molar-refractivity contribution in [1.82, 2.24) is 0 Å². The maximum absolute atomic E-state index is 12.5. The topological polar surface area (TPSA) is 99.1 Å². The molecule has 0 aliphatic rings. The molecule has 2 atom stereocenters. The predicted octanol–water partition coefficient (Wildman–Crippen LogP) is 8.62. The van der Waals surface area contributed by atoms with E-state index in [0.29, 0.717) is 25.7 Å². The lowest BCUT2D eigenvalue weighted by Crippen LogP contribution is -2.50. The minimum absolute atomic E-state index is 0.0247. The van der Waals surface area contributed by atoms with Gasteiger partial charge in [-0.05, 0) is 44.9 Å². The molecule has 0 aromatic heterocycles. The molecule has 0 aliphatic carbocycles. The summed E-state index contributed by atoms with van der Waals surface area (Å²) in [6, 6.07) is -0.629. The molecule has 2 unspecified atom stereocenters. The highest BCUT2D eigenvalue weighted by Gasteiger charge is 2.31. The summed E-state index contributed by atoms with van der Waals surface area (Å²) in [6.45, 7) is 4.38. The molecule has 270 valence electrons. The summed E-state index contributed by atoms with van der Waals surface area (Å²) >= 11 is 0. The van der Waals surface area contributed by atoms with Crippen LogP contribution < -0.4 is 0 Å². The van der Waals surface area contributed by atoms with Crippen LogP contribution in [0.25, 0.3) is 0 Å². The van der Waals surface area contributed by atoms with Crippen molar-refractivity contribution in [1.29, 1.82) is 0 Å². The number of unbranched alkanes of at least 4 members (excludes halogenated alkanes) is 6. The summed E-state index contributed by atoms with van der Waals surface area (Å²) in [5.74, 6) is -1.61. The zero-order valence-corrected chi connectivity index (χ0v) is 30.4. The summed E-state index contributed by atoms with van der Waals surface area (Å²) in [6.07, 6.45) is 38.0. The quantitative estimate of drug-likeness (QED) is 0.0280. The van der Waals surface area contributed by atoms with Crippen LogP contribution in [0.2, 0.25) is 0 Å². The Bertz CT molecular complexity index is 1060. The molecular formula is C40H64NO7+. The third-order valence-electron chi connectivity index (χ3n) is 7.20. The maximum atomic E-state index is 12.5. The third kappa shape index (κ3) is 28.7. The van der Waals surface area contributed by atoms with Crippen LogP contribution in [0.5, 0.6) is 0 Å². The fourth-order valence-corrected chi connectivity index (χ4v) is 4.43. The van der Waals surface area contributed by atoms with Gasteiger partial charge < -0.3 is 23.8 Å². The first kappa shape index (κ1) is 44.5. The van der Waals surface area contributed by atoms with Crippen molar-refractivity contribution < 1.29 is 38.2 Å². The average molecular weight is 671 g/mol. The zero-order chi connectivity index (χ0) is 35.7. The number of hydrogen-bond acceptors (Lipinski definition) is 6. The Morgan fingerprint density at radius 2 is 1.23 bits per heavy atom. The highest BCUT2D eigenvalue weighted by molar-refractivity contribution is 5.72. The molecule has 0 saturated heterocycles. The fraction of sp³-hybridized carbons (Fsp3) is 0.575. The van der Waals surface area contributed by atoms with Crippen molar-refractivity contribution >= 4 is 17.9 Å². The summed E-state index contributed by atoms with van der Waals surface area (Å²) < 4.78 is 17.0. The number of ether oxygens (including phenoxy) is 3. The molecule has 0 aromatic rings. The number of carbonyl (C=O) groups excluding carboxylic acids is 2. The first-order valence-electron chi connectivity index (χ1n) is 17.7. The van der Waals surface area contributed by atoms with E-state index in [0.717, 1.165) is 38.5 Å². The molecule has 8 nitrogen and oxygen atoms in total. The van der Waals surface area contributed by atoms with E-state index in [9.17, 15) is 19.5 Å². The van der Waals surface area contributed by atoms with Gasteiger partial charge in [-0.3, -0.25) is 9.59 Å². The Balaban J connectivity index is 4.53. The molecule has 0 bridgehead atoms. The van der Waals surface area contributed by atoms with Crippen molar-refractivity contribution in [2.24, 2.45) is 0 Å². The summed E-state index contributed by atoms with van der Waals surface area (Å²) in [5, 5.41) is 9.54. The molecule has 0 saturated carbocycles. The van der Waals surface area contributed by atoms with E-state index >= 15 is 0 Å². The molecule has 0 fully saturated rings. The summed E-state index contributed by atoms with van der Waals surface area (Å²) in [7, 11) is 5.46. The predicted molar refractivity (Wildman–Crippen MR) is 196 cm³/mol. The lowest BCUT2D eigenvalue weighted by atomic mass is 10.1. The van der Waals surface area contributed by atoms with Gasteiger partial charge in [0.2, 0.25) is 0 Å². The number of carbonyl (C=O) groups is 3. The highest BCUT2D eigenvalue weighted by Crippen LogP contribution is 2.10. The van der Waals surface area contributed by atoms with Crippen molar-refractivity contribution in [2.75, 3.05) is 41.0 Å². The molecule has 0 aromatic carbocycles. The Morgan fingerprint density at radius 1 is 0.646 bits per heavy atom. The maximum Gasteiger partial charge on any atom is 0.362 e.